The number of rotatable bonds is 7. The molecule has 5 rings (SSSR count). The van der Waals surface area contributed by atoms with Crippen LogP contribution in [0.25, 0.3) is 10.2 Å². The fraction of sp³-hybridized carbons (Fsp3) is 0.636. The molecular formula is C22H30N4O2S. The van der Waals surface area contributed by atoms with Crippen molar-refractivity contribution < 1.29 is 9.53 Å². The van der Waals surface area contributed by atoms with Crippen LogP contribution in [0.2, 0.25) is 0 Å². The van der Waals surface area contributed by atoms with E-state index in [4.69, 9.17) is 4.74 Å². The Hall–Kier alpha value is -1.70. The van der Waals surface area contributed by atoms with E-state index in [-0.39, 0.29) is 18.6 Å². The average Bonchev–Trinajstić information content (AvgIpc) is 3.45. The predicted molar refractivity (Wildman–Crippen MR) is 116 cm³/mol. The topological polar surface area (TPSA) is 57.7 Å². The van der Waals surface area contributed by atoms with Crippen LogP contribution in [0, 0.1) is 11.8 Å². The molecule has 6 nitrogen and oxygen atoms in total. The van der Waals surface area contributed by atoms with E-state index in [0.717, 1.165) is 23.1 Å². The van der Waals surface area contributed by atoms with Gasteiger partial charge in [-0.2, -0.15) is 0 Å². The van der Waals surface area contributed by atoms with E-state index in [9.17, 15) is 4.79 Å². The third-order valence-corrected chi connectivity index (χ3v) is 7.39. The number of likely N-dealkylation sites (tertiary alicyclic amines) is 1. The van der Waals surface area contributed by atoms with Crippen molar-refractivity contribution in [2.75, 3.05) is 51.2 Å². The number of hydrogen-bond donors (Lipinski definition) is 1. The first-order chi connectivity index (χ1) is 14.2. The number of piperidine rings is 1. The highest BCUT2D eigenvalue weighted by Gasteiger charge is 2.31. The molecule has 1 saturated carbocycles. The summed E-state index contributed by atoms with van der Waals surface area (Å²) in [7, 11) is 0. The zero-order valence-electron chi connectivity index (χ0n) is 16.9. The van der Waals surface area contributed by atoms with E-state index in [1.54, 1.807) is 11.3 Å². The smallest absolute Gasteiger partial charge is 0.248 e. The van der Waals surface area contributed by atoms with Crippen molar-refractivity contribution in [2.45, 2.75) is 31.8 Å². The van der Waals surface area contributed by atoms with Crippen molar-refractivity contribution in [1.29, 1.82) is 0 Å². The number of aromatic nitrogens is 1. The summed E-state index contributed by atoms with van der Waals surface area (Å²) in [5.41, 5.74) is 1.02. The van der Waals surface area contributed by atoms with Gasteiger partial charge in [0.15, 0.2) is 5.13 Å². The molecule has 2 aromatic rings. The fourth-order valence-corrected chi connectivity index (χ4v) is 5.33. The number of carbonyl (C=O) groups excluding carboxylic acids is 1. The van der Waals surface area contributed by atoms with E-state index in [0.29, 0.717) is 19.0 Å². The number of para-hydroxylation sites is 1. The van der Waals surface area contributed by atoms with Gasteiger partial charge in [0.05, 0.1) is 16.3 Å². The lowest BCUT2D eigenvalue weighted by Gasteiger charge is -2.38. The molecule has 156 valence electrons. The lowest BCUT2D eigenvalue weighted by Crippen LogP contribution is -2.51. The fourth-order valence-electron chi connectivity index (χ4n) is 4.46. The summed E-state index contributed by atoms with van der Waals surface area (Å²) in [6.07, 6.45) is 5.30. The summed E-state index contributed by atoms with van der Waals surface area (Å²) < 4.78 is 6.97. The van der Waals surface area contributed by atoms with E-state index < -0.39 is 0 Å². The third kappa shape index (κ3) is 4.90. The Labute approximate surface area is 176 Å². The first-order valence-electron chi connectivity index (χ1n) is 10.9. The summed E-state index contributed by atoms with van der Waals surface area (Å²) in [5.74, 6) is 1.74. The second kappa shape index (κ2) is 8.58. The Morgan fingerprint density at radius 3 is 2.69 bits per heavy atom. The first kappa shape index (κ1) is 19.3. The Bertz CT molecular complexity index is 811. The number of nitrogens with zero attached hydrogens (tertiary/aromatic N) is 3. The summed E-state index contributed by atoms with van der Waals surface area (Å²) in [5, 5.41) is 4.33. The zero-order valence-corrected chi connectivity index (χ0v) is 17.7. The maximum absolute atomic E-state index is 12.4. The molecule has 0 unspecified atom stereocenters. The highest BCUT2D eigenvalue weighted by Crippen LogP contribution is 2.31. The van der Waals surface area contributed by atoms with Crippen molar-refractivity contribution in [3.8, 4) is 0 Å². The number of anilines is 1. The van der Waals surface area contributed by atoms with E-state index in [1.807, 2.05) is 23.1 Å². The van der Waals surface area contributed by atoms with Crippen LogP contribution in [0.1, 0.15) is 25.7 Å². The third-order valence-electron chi connectivity index (χ3n) is 6.39. The van der Waals surface area contributed by atoms with Crippen LogP contribution in [0.4, 0.5) is 5.13 Å². The molecule has 1 atom stereocenters. The molecule has 29 heavy (non-hydrogen) atoms. The van der Waals surface area contributed by atoms with Gasteiger partial charge in [-0.05, 0) is 62.7 Å². The number of benzene rings is 1. The number of morpholine rings is 1. The second-order valence-corrected chi connectivity index (χ2v) is 9.82. The largest absolute Gasteiger partial charge is 0.365 e. The van der Waals surface area contributed by atoms with Crippen LogP contribution < -0.4 is 5.32 Å². The minimum Gasteiger partial charge on any atom is -0.365 e. The van der Waals surface area contributed by atoms with Gasteiger partial charge in [0, 0.05) is 26.2 Å². The molecule has 1 N–H and O–H groups in total. The van der Waals surface area contributed by atoms with Crippen molar-refractivity contribution in [2.24, 2.45) is 11.8 Å². The van der Waals surface area contributed by atoms with Gasteiger partial charge in [-0.15, -0.1) is 0 Å². The second-order valence-electron chi connectivity index (χ2n) is 8.79. The van der Waals surface area contributed by atoms with E-state index >= 15 is 0 Å². The SMILES string of the molecule is O=C1CO[C@@H](CNc2nc3ccccc3s2)CN1CC1CCN(CC2CC2)CC1. The molecule has 1 aliphatic carbocycles. The van der Waals surface area contributed by atoms with Gasteiger partial charge in [0.2, 0.25) is 5.91 Å². The van der Waals surface area contributed by atoms with Crippen molar-refractivity contribution >= 4 is 32.6 Å². The first-order valence-corrected chi connectivity index (χ1v) is 11.8. The number of nitrogens with one attached hydrogen (secondary N) is 1. The number of amides is 1. The molecule has 1 amide bonds. The van der Waals surface area contributed by atoms with Gasteiger partial charge < -0.3 is 19.9 Å². The van der Waals surface area contributed by atoms with Crippen molar-refractivity contribution in [1.82, 2.24) is 14.8 Å². The van der Waals surface area contributed by atoms with Crippen LogP contribution in [0.15, 0.2) is 24.3 Å². The van der Waals surface area contributed by atoms with Crippen molar-refractivity contribution in [3.63, 3.8) is 0 Å². The molecule has 0 spiro atoms. The van der Waals surface area contributed by atoms with Crippen LogP contribution in [-0.4, -0.2) is 72.7 Å². The molecule has 2 saturated heterocycles. The zero-order chi connectivity index (χ0) is 19.6. The minimum absolute atomic E-state index is 0.0228. The molecule has 7 heteroatoms. The maximum atomic E-state index is 12.4. The molecule has 3 heterocycles. The quantitative estimate of drug-likeness (QED) is 0.755. The van der Waals surface area contributed by atoms with Crippen LogP contribution >= 0.6 is 11.3 Å². The van der Waals surface area contributed by atoms with Gasteiger partial charge in [-0.3, -0.25) is 4.79 Å². The Morgan fingerprint density at radius 2 is 1.90 bits per heavy atom. The highest BCUT2D eigenvalue weighted by atomic mass is 32.1. The standard InChI is InChI=1S/C22H30N4O2S/c27-21-15-28-18(11-23-22-24-19-3-1-2-4-20(19)29-22)14-26(21)13-17-7-9-25(10-8-17)12-16-5-6-16/h1-4,16-18H,5-15H2,(H,23,24)/t18-/m0/s1. The average molecular weight is 415 g/mol. The number of carbonyl (C=O) groups is 1. The lowest BCUT2D eigenvalue weighted by atomic mass is 9.95. The molecular weight excluding hydrogens is 384 g/mol. The van der Waals surface area contributed by atoms with Crippen LogP contribution in [-0.2, 0) is 9.53 Å². The molecule has 2 aliphatic heterocycles. The van der Waals surface area contributed by atoms with Crippen LogP contribution in [0.5, 0.6) is 0 Å². The number of thiazole rings is 1. The monoisotopic (exact) mass is 414 g/mol. The molecule has 1 aromatic carbocycles. The Kier molecular flexibility index (Phi) is 5.70. The number of hydrogen-bond acceptors (Lipinski definition) is 6. The summed E-state index contributed by atoms with van der Waals surface area (Å²) in [6.45, 7) is 6.14. The predicted octanol–water partition coefficient (Wildman–Crippen LogP) is 3.06. The van der Waals surface area contributed by atoms with Crippen LogP contribution in [0.3, 0.4) is 0 Å². The van der Waals surface area contributed by atoms with Gasteiger partial charge in [0.1, 0.15) is 6.61 Å². The number of fused-ring (bicyclic) bond motifs is 1. The van der Waals surface area contributed by atoms with Gasteiger partial charge in [-0.25, -0.2) is 4.98 Å². The van der Waals surface area contributed by atoms with Gasteiger partial charge in [-0.1, -0.05) is 23.5 Å². The van der Waals surface area contributed by atoms with Gasteiger partial charge >= 0.3 is 0 Å². The maximum Gasteiger partial charge on any atom is 0.248 e. The van der Waals surface area contributed by atoms with Gasteiger partial charge in [0.25, 0.3) is 0 Å². The van der Waals surface area contributed by atoms with E-state index in [1.165, 1.54) is 50.0 Å². The summed E-state index contributed by atoms with van der Waals surface area (Å²) >= 11 is 1.66. The van der Waals surface area contributed by atoms with Crippen molar-refractivity contribution in [3.05, 3.63) is 24.3 Å². The number of ether oxygens (including phenoxy) is 1. The normalized spacial score (nSPS) is 24.3. The summed E-state index contributed by atoms with van der Waals surface area (Å²) in [4.78, 5) is 21.7. The van der Waals surface area contributed by atoms with E-state index in [2.05, 4.69) is 21.3 Å². The summed E-state index contributed by atoms with van der Waals surface area (Å²) in [6, 6.07) is 8.17. The molecule has 0 radical (unpaired) electrons. The highest BCUT2D eigenvalue weighted by molar-refractivity contribution is 7.22. The molecule has 3 aliphatic rings. The Morgan fingerprint density at radius 1 is 1.10 bits per heavy atom. The lowest BCUT2D eigenvalue weighted by molar-refractivity contribution is -0.149. The minimum atomic E-state index is 0.0228. The molecule has 0 bridgehead atoms. The Balaban J connectivity index is 1.10. The molecule has 3 fully saturated rings. The molecule has 1 aromatic heterocycles.